The molecule has 0 aliphatic rings. The molecule has 1 rings (SSSR count). The molecule has 0 atom stereocenters. The Morgan fingerprint density at radius 3 is 2.56 bits per heavy atom. The molecule has 7 heteroatoms. The largest absolute Gasteiger partial charge is 0.477 e. The highest BCUT2D eigenvalue weighted by atomic mass is 16.4. The zero-order valence-corrected chi connectivity index (χ0v) is 9.55. The fourth-order valence-corrected chi connectivity index (χ4v) is 1.24. The van der Waals surface area contributed by atoms with Gasteiger partial charge in [-0.05, 0) is 18.6 Å². The van der Waals surface area contributed by atoms with Crippen LogP contribution in [0.3, 0.4) is 0 Å². The van der Waals surface area contributed by atoms with Crippen LogP contribution < -0.4 is 11.1 Å². The summed E-state index contributed by atoms with van der Waals surface area (Å²) in [6.45, 7) is 0.279. The number of nitrogens with zero attached hydrogens (tertiary/aromatic N) is 1. The van der Waals surface area contributed by atoms with E-state index in [1.54, 1.807) is 0 Å². The van der Waals surface area contributed by atoms with Crippen LogP contribution in [0.1, 0.15) is 33.8 Å². The van der Waals surface area contributed by atoms with Gasteiger partial charge in [0.25, 0.3) is 5.91 Å². The van der Waals surface area contributed by atoms with Gasteiger partial charge in [0.2, 0.25) is 5.91 Å². The summed E-state index contributed by atoms with van der Waals surface area (Å²) in [4.78, 5) is 36.4. The molecule has 0 aliphatic heterocycles. The van der Waals surface area contributed by atoms with Crippen LogP contribution in [0.25, 0.3) is 0 Å². The van der Waals surface area contributed by atoms with E-state index in [0.717, 1.165) is 0 Å². The molecule has 0 saturated heterocycles. The number of aromatic nitrogens is 1. The van der Waals surface area contributed by atoms with Crippen molar-refractivity contribution in [2.45, 2.75) is 12.8 Å². The number of carbonyl (C=O) groups is 3. The van der Waals surface area contributed by atoms with Crippen LogP contribution in [0.5, 0.6) is 0 Å². The van der Waals surface area contributed by atoms with Crippen molar-refractivity contribution in [3.05, 3.63) is 29.6 Å². The number of nitrogens with one attached hydrogen (secondary N) is 1. The smallest absolute Gasteiger partial charge is 0.354 e. The van der Waals surface area contributed by atoms with Gasteiger partial charge in [-0.3, -0.25) is 9.59 Å². The van der Waals surface area contributed by atoms with Gasteiger partial charge in [0.1, 0.15) is 11.4 Å². The maximum Gasteiger partial charge on any atom is 0.354 e. The van der Waals surface area contributed by atoms with Gasteiger partial charge >= 0.3 is 5.97 Å². The summed E-state index contributed by atoms with van der Waals surface area (Å²) in [5.41, 5.74) is 4.77. The monoisotopic (exact) mass is 251 g/mol. The first-order valence-corrected chi connectivity index (χ1v) is 5.27. The van der Waals surface area contributed by atoms with E-state index in [2.05, 4.69) is 10.3 Å². The van der Waals surface area contributed by atoms with Gasteiger partial charge in [0, 0.05) is 13.0 Å². The molecule has 18 heavy (non-hydrogen) atoms. The van der Waals surface area contributed by atoms with Gasteiger partial charge in [-0.2, -0.15) is 0 Å². The van der Waals surface area contributed by atoms with Crippen LogP contribution in [0.2, 0.25) is 0 Å². The summed E-state index contributed by atoms with van der Waals surface area (Å²) in [5, 5.41) is 11.2. The van der Waals surface area contributed by atoms with E-state index >= 15 is 0 Å². The van der Waals surface area contributed by atoms with E-state index in [9.17, 15) is 14.4 Å². The molecule has 0 spiro atoms. The van der Waals surface area contributed by atoms with Crippen LogP contribution in [-0.2, 0) is 4.79 Å². The molecule has 2 amide bonds. The van der Waals surface area contributed by atoms with Crippen molar-refractivity contribution < 1.29 is 19.5 Å². The Bertz CT molecular complexity index is 473. The summed E-state index contributed by atoms with van der Waals surface area (Å²) >= 11 is 0. The van der Waals surface area contributed by atoms with E-state index < -0.39 is 17.8 Å². The number of aromatic carboxylic acids is 1. The number of carbonyl (C=O) groups excluding carboxylic acids is 2. The highest BCUT2D eigenvalue weighted by Gasteiger charge is 2.10. The minimum Gasteiger partial charge on any atom is -0.477 e. The number of carboxylic acids is 1. The van der Waals surface area contributed by atoms with Crippen molar-refractivity contribution >= 4 is 17.8 Å². The first kappa shape index (κ1) is 13.6. The van der Waals surface area contributed by atoms with Crippen LogP contribution in [0.15, 0.2) is 18.2 Å². The topological polar surface area (TPSA) is 122 Å². The molecule has 1 aromatic rings. The number of carboxylic acid groups (broad SMARTS) is 1. The lowest BCUT2D eigenvalue weighted by Gasteiger charge is -2.04. The maximum absolute atomic E-state index is 11.6. The summed E-state index contributed by atoms with van der Waals surface area (Å²) < 4.78 is 0. The standard InChI is InChI=1S/C11H13N3O4/c12-9(15)5-2-6-13-10(16)7-3-1-4-8(14-7)11(17)18/h1,3-4H,2,5-6H2,(H2,12,15)(H,13,16)(H,17,18). The molecular formula is C11H13N3O4. The van der Waals surface area contributed by atoms with Crippen molar-refractivity contribution in [3.8, 4) is 0 Å². The average molecular weight is 251 g/mol. The predicted molar refractivity (Wildman–Crippen MR) is 62.0 cm³/mol. The van der Waals surface area contributed by atoms with Crippen molar-refractivity contribution in [1.29, 1.82) is 0 Å². The summed E-state index contributed by atoms with van der Waals surface area (Å²) in [7, 11) is 0. The lowest BCUT2D eigenvalue weighted by molar-refractivity contribution is -0.118. The van der Waals surface area contributed by atoms with E-state index in [1.807, 2.05) is 0 Å². The third-order valence-corrected chi connectivity index (χ3v) is 2.09. The molecule has 7 nitrogen and oxygen atoms in total. The first-order valence-electron chi connectivity index (χ1n) is 5.27. The molecule has 0 bridgehead atoms. The first-order chi connectivity index (χ1) is 8.50. The van der Waals surface area contributed by atoms with E-state index in [0.29, 0.717) is 6.42 Å². The summed E-state index contributed by atoms with van der Waals surface area (Å²) in [6.07, 6.45) is 0.614. The van der Waals surface area contributed by atoms with Crippen molar-refractivity contribution in [1.82, 2.24) is 10.3 Å². The molecule has 0 unspecified atom stereocenters. The van der Waals surface area contributed by atoms with Gasteiger partial charge in [0.15, 0.2) is 0 Å². The third kappa shape index (κ3) is 4.20. The van der Waals surface area contributed by atoms with Gasteiger partial charge in [-0.15, -0.1) is 0 Å². The molecule has 0 radical (unpaired) electrons. The zero-order valence-electron chi connectivity index (χ0n) is 9.55. The number of primary amides is 1. The van der Waals surface area contributed by atoms with Gasteiger partial charge < -0.3 is 16.2 Å². The number of amides is 2. The molecule has 96 valence electrons. The minimum atomic E-state index is -1.20. The Kier molecular flexibility index (Phi) is 4.79. The third-order valence-electron chi connectivity index (χ3n) is 2.09. The Balaban J connectivity index is 2.53. The normalized spacial score (nSPS) is 9.78. The number of nitrogens with two attached hydrogens (primary N) is 1. The fourth-order valence-electron chi connectivity index (χ4n) is 1.24. The van der Waals surface area contributed by atoms with Gasteiger partial charge in [0.05, 0.1) is 0 Å². The van der Waals surface area contributed by atoms with Gasteiger partial charge in [-0.1, -0.05) is 6.07 Å². The Labute approximate surface area is 103 Å². The van der Waals surface area contributed by atoms with E-state index in [-0.39, 0.29) is 24.4 Å². The lowest BCUT2D eigenvalue weighted by atomic mass is 10.2. The highest BCUT2D eigenvalue weighted by molar-refractivity contribution is 5.94. The van der Waals surface area contributed by atoms with Crippen LogP contribution in [0, 0.1) is 0 Å². The number of rotatable bonds is 6. The summed E-state index contributed by atoms with van der Waals surface area (Å²) in [6, 6.07) is 4.15. The minimum absolute atomic E-state index is 0.0222. The van der Waals surface area contributed by atoms with Crippen LogP contribution >= 0.6 is 0 Å². The number of hydrogen-bond acceptors (Lipinski definition) is 4. The molecule has 0 fully saturated rings. The highest BCUT2D eigenvalue weighted by Crippen LogP contribution is 1.99. The van der Waals surface area contributed by atoms with Crippen molar-refractivity contribution in [2.24, 2.45) is 5.73 Å². The quantitative estimate of drug-likeness (QED) is 0.603. The van der Waals surface area contributed by atoms with Crippen molar-refractivity contribution in [3.63, 3.8) is 0 Å². The number of pyridine rings is 1. The van der Waals surface area contributed by atoms with Crippen molar-refractivity contribution in [2.75, 3.05) is 6.54 Å². The molecule has 4 N–H and O–H groups in total. The Morgan fingerprint density at radius 2 is 1.94 bits per heavy atom. The van der Waals surface area contributed by atoms with Crippen LogP contribution in [0.4, 0.5) is 0 Å². The molecule has 0 aromatic carbocycles. The average Bonchev–Trinajstić information content (AvgIpc) is 2.34. The molecule has 0 saturated carbocycles. The second kappa shape index (κ2) is 6.33. The predicted octanol–water partition coefficient (Wildman–Crippen LogP) is -0.225. The molecule has 1 heterocycles. The van der Waals surface area contributed by atoms with Crippen LogP contribution in [-0.4, -0.2) is 34.4 Å². The second-order valence-electron chi connectivity index (χ2n) is 3.54. The van der Waals surface area contributed by atoms with E-state index in [1.165, 1.54) is 18.2 Å². The summed E-state index contributed by atoms with van der Waals surface area (Å²) in [5.74, 6) is -2.11. The SMILES string of the molecule is NC(=O)CCCNC(=O)c1cccc(C(=O)O)n1. The van der Waals surface area contributed by atoms with E-state index in [4.69, 9.17) is 10.8 Å². The molecular weight excluding hydrogens is 238 g/mol. The van der Waals surface area contributed by atoms with Gasteiger partial charge in [-0.25, -0.2) is 9.78 Å². The molecule has 0 aliphatic carbocycles. The Morgan fingerprint density at radius 1 is 1.28 bits per heavy atom. The zero-order chi connectivity index (χ0) is 13.5. The lowest BCUT2D eigenvalue weighted by Crippen LogP contribution is -2.26. The molecule has 1 aromatic heterocycles. The second-order valence-corrected chi connectivity index (χ2v) is 3.54. The number of hydrogen-bond donors (Lipinski definition) is 3. The fraction of sp³-hybridized carbons (Fsp3) is 0.273. The maximum atomic E-state index is 11.6. The Hall–Kier alpha value is -2.44.